The number of rotatable bonds is 8. The van der Waals surface area contributed by atoms with Gasteiger partial charge in [0.15, 0.2) is 5.78 Å². The Hall–Kier alpha value is -1.88. The molecule has 1 aromatic carbocycles. The fourth-order valence-corrected chi connectivity index (χ4v) is 2.65. The number of benzene rings is 1. The van der Waals surface area contributed by atoms with Crippen LogP contribution in [0.1, 0.15) is 43.0 Å². The van der Waals surface area contributed by atoms with Crippen molar-refractivity contribution in [2.45, 2.75) is 32.6 Å². The second-order valence-corrected chi connectivity index (χ2v) is 6.05. The molecule has 1 unspecified atom stereocenters. The van der Waals surface area contributed by atoms with Crippen LogP contribution in [0, 0.1) is 5.92 Å². The van der Waals surface area contributed by atoms with Gasteiger partial charge in [-0.1, -0.05) is 0 Å². The van der Waals surface area contributed by atoms with E-state index < -0.39 is 0 Å². The summed E-state index contributed by atoms with van der Waals surface area (Å²) in [5, 5.41) is 6.35. The SMILES string of the molecule is CC(=O)c1ccc(OCCCC(=O)NCC2CCCNC2)cc1. The number of carbonyl (C=O) groups is 2. The van der Waals surface area contributed by atoms with Crippen molar-refractivity contribution in [2.24, 2.45) is 5.92 Å². The molecule has 1 aliphatic heterocycles. The number of carbonyl (C=O) groups excluding carboxylic acids is 2. The summed E-state index contributed by atoms with van der Waals surface area (Å²) in [7, 11) is 0. The summed E-state index contributed by atoms with van der Waals surface area (Å²) in [6, 6.07) is 7.07. The normalized spacial score (nSPS) is 17.5. The minimum atomic E-state index is 0.0430. The van der Waals surface area contributed by atoms with E-state index in [4.69, 9.17) is 4.74 Å². The zero-order valence-corrected chi connectivity index (χ0v) is 13.8. The van der Waals surface area contributed by atoms with Crippen LogP contribution >= 0.6 is 0 Å². The van der Waals surface area contributed by atoms with E-state index in [1.54, 1.807) is 24.3 Å². The molecule has 1 aromatic rings. The van der Waals surface area contributed by atoms with E-state index >= 15 is 0 Å². The highest BCUT2D eigenvalue weighted by molar-refractivity contribution is 5.94. The molecule has 0 spiro atoms. The van der Waals surface area contributed by atoms with Gasteiger partial charge in [0.25, 0.3) is 0 Å². The maximum absolute atomic E-state index is 11.8. The largest absolute Gasteiger partial charge is 0.494 e. The molecule has 5 heteroatoms. The van der Waals surface area contributed by atoms with E-state index in [1.165, 1.54) is 19.8 Å². The molecular formula is C18H26N2O3. The Kier molecular flexibility index (Phi) is 7.07. The molecule has 1 amide bonds. The van der Waals surface area contributed by atoms with Gasteiger partial charge in [0.05, 0.1) is 6.61 Å². The van der Waals surface area contributed by atoms with Crippen molar-refractivity contribution >= 4 is 11.7 Å². The number of hydrogen-bond acceptors (Lipinski definition) is 4. The summed E-state index contributed by atoms with van der Waals surface area (Å²) in [5.74, 6) is 1.42. The molecule has 126 valence electrons. The topological polar surface area (TPSA) is 67.4 Å². The van der Waals surface area contributed by atoms with E-state index in [-0.39, 0.29) is 11.7 Å². The van der Waals surface area contributed by atoms with Crippen LogP contribution in [0.4, 0.5) is 0 Å². The Balaban J connectivity index is 1.57. The van der Waals surface area contributed by atoms with Gasteiger partial charge in [-0.2, -0.15) is 0 Å². The molecule has 1 aliphatic rings. The molecule has 1 atom stereocenters. The first-order valence-corrected chi connectivity index (χ1v) is 8.36. The summed E-state index contributed by atoms with van der Waals surface area (Å²) in [6.45, 7) is 4.89. The lowest BCUT2D eigenvalue weighted by Crippen LogP contribution is -2.38. The molecular weight excluding hydrogens is 292 g/mol. The van der Waals surface area contributed by atoms with Crippen molar-refractivity contribution in [1.29, 1.82) is 0 Å². The Morgan fingerprint density at radius 1 is 1.30 bits per heavy atom. The van der Waals surface area contributed by atoms with Gasteiger partial charge in [-0.3, -0.25) is 9.59 Å². The number of piperidine rings is 1. The van der Waals surface area contributed by atoms with Crippen molar-refractivity contribution in [3.8, 4) is 5.75 Å². The summed E-state index contributed by atoms with van der Waals surface area (Å²) in [6.07, 6.45) is 3.54. The average Bonchev–Trinajstić information content (AvgIpc) is 2.58. The zero-order chi connectivity index (χ0) is 16.5. The lowest BCUT2D eigenvalue weighted by molar-refractivity contribution is -0.121. The number of ketones is 1. The van der Waals surface area contributed by atoms with E-state index in [2.05, 4.69) is 10.6 Å². The predicted octanol–water partition coefficient (Wildman–Crippen LogP) is 2.16. The first kappa shape index (κ1) is 17.5. The van der Waals surface area contributed by atoms with Crippen molar-refractivity contribution in [2.75, 3.05) is 26.2 Å². The summed E-state index contributed by atoms with van der Waals surface area (Å²) in [5.41, 5.74) is 0.675. The molecule has 2 N–H and O–H groups in total. The maximum Gasteiger partial charge on any atom is 0.220 e. The van der Waals surface area contributed by atoms with Crippen molar-refractivity contribution in [1.82, 2.24) is 10.6 Å². The van der Waals surface area contributed by atoms with Gasteiger partial charge in [0.1, 0.15) is 5.75 Å². The smallest absolute Gasteiger partial charge is 0.220 e. The molecule has 0 aromatic heterocycles. The minimum absolute atomic E-state index is 0.0430. The molecule has 0 saturated carbocycles. The molecule has 1 heterocycles. The van der Waals surface area contributed by atoms with Gasteiger partial charge >= 0.3 is 0 Å². The lowest BCUT2D eigenvalue weighted by atomic mass is 10.00. The van der Waals surface area contributed by atoms with Gasteiger partial charge in [0.2, 0.25) is 5.91 Å². The number of nitrogens with one attached hydrogen (secondary N) is 2. The van der Waals surface area contributed by atoms with Crippen LogP contribution in [0.3, 0.4) is 0 Å². The minimum Gasteiger partial charge on any atom is -0.494 e. The molecule has 1 saturated heterocycles. The van der Waals surface area contributed by atoms with Gasteiger partial charge in [-0.05, 0) is 69.5 Å². The quantitative estimate of drug-likeness (QED) is 0.569. The third-order valence-electron chi connectivity index (χ3n) is 4.06. The number of amides is 1. The summed E-state index contributed by atoms with van der Waals surface area (Å²) in [4.78, 5) is 23.0. The summed E-state index contributed by atoms with van der Waals surface area (Å²) < 4.78 is 5.58. The van der Waals surface area contributed by atoms with Gasteiger partial charge in [-0.25, -0.2) is 0 Å². The molecule has 5 nitrogen and oxygen atoms in total. The maximum atomic E-state index is 11.8. The van der Waals surface area contributed by atoms with Crippen LogP contribution in [0.25, 0.3) is 0 Å². The van der Waals surface area contributed by atoms with Crippen LogP contribution < -0.4 is 15.4 Å². The van der Waals surface area contributed by atoms with Crippen molar-refractivity contribution < 1.29 is 14.3 Å². The van der Waals surface area contributed by atoms with Crippen LogP contribution in [0.5, 0.6) is 5.75 Å². The second-order valence-electron chi connectivity index (χ2n) is 6.05. The molecule has 2 rings (SSSR count). The zero-order valence-electron chi connectivity index (χ0n) is 13.8. The fourth-order valence-electron chi connectivity index (χ4n) is 2.65. The number of ether oxygens (including phenoxy) is 1. The predicted molar refractivity (Wildman–Crippen MR) is 89.8 cm³/mol. The first-order valence-electron chi connectivity index (χ1n) is 8.36. The number of hydrogen-bond donors (Lipinski definition) is 2. The Bertz CT molecular complexity index is 508. The van der Waals surface area contributed by atoms with Crippen LogP contribution in [-0.4, -0.2) is 37.9 Å². The first-order chi connectivity index (χ1) is 11.1. The number of Topliss-reactive ketones (excluding diaryl/α,β-unsaturated/α-hetero) is 1. The molecule has 0 bridgehead atoms. The molecule has 0 radical (unpaired) electrons. The summed E-state index contributed by atoms with van der Waals surface area (Å²) >= 11 is 0. The highest BCUT2D eigenvalue weighted by Crippen LogP contribution is 2.13. The monoisotopic (exact) mass is 318 g/mol. The average molecular weight is 318 g/mol. The van der Waals surface area contributed by atoms with Crippen LogP contribution in [0.2, 0.25) is 0 Å². The van der Waals surface area contributed by atoms with E-state index in [0.717, 1.165) is 25.4 Å². The van der Waals surface area contributed by atoms with E-state index in [1.807, 2.05) is 0 Å². The Morgan fingerprint density at radius 3 is 2.74 bits per heavy atom. The van der Waals surface area contributed by atoms with E-state index in [9.17, 15) is 9.59 Å². The van der Waals surface area contributed by atoms with Gasteiger partial charge in [0, 0.05) is 18.5 Å². The third-order valence-corrected chi connectivity index (χ3v) is 4.06. The molecule has 1 fully saturated rings. The van der Waals surface area contributed by atoms with Gasteiger partial charge < -0.3 is 15.4 Å². The Morgan fingerprint density at radius 2 is 2.09 bits per heavy atom. The Labute approximate surface area is 137 Å². The van der Waals surface area contributed by atoms with Crippen LogP contribution in [0.15, 0.2) is 24.3 Å². The van der Waals surface area contributed by atoms with E-state index in [0.29, 0.717) is 30.9 Å². The molecule has 23 heavy (non-hydrogen) atoms. The standard InChI is InChI=1S/C18H26N2O3/c1-14(21)16-6-8-17(9-7-16)23-11-3-5-18(22)20-13-15-4-2-10-19-12-15/h6-9,15,19H,2-5,10-13H2,1H3,(H,20,22). The lowest BCUT2D eigenvalue weighted by Gasteiger charge is -2.22. The van der Waals surface area contributed by atoms with Crippen LogP contribution in [-0.2, 0) is 4.79 Å². The molecule has 0 aliphatic carbocycles. The van der Waals surface area contributed by atoms with Gasteiger partial charge in [-0.15, -0.1) is 0 Å². The van der Waals surface area contributed by atoms with Crippen molar-refractivity contribution in [3.05, 3.63) is 29.8 Å². The second kappa shape index (κ2) is 9.30. The third kappa shape index (κ3) is 6.40. The highest BCUT2D eigenvalue weighted by Gasteiger charge is 2.13. The fraction of sp³-hybridized carbons (Fsp3) is 0.556. The highest BCUT2D eigenvalue weighted by atomic mass is 16.5. The van der Waals surface area contributed by atoms with Crippen molar-refractivity contribution in [3.63, 3.8) is 0 Å².